The molecule has 0 saturated heterocycles. The molecule has 3 heterocycles. The van der Waals surface area contributed by atoms with Crippen LogP contribution in [0.1, 0.15) is 6.42 Å². The van der Waals surface area contributed by atoms with E-state index in [2.05, 4.69) is 15.3 Å². The molecule has 0 atom stereocenters. The molecular weight excluding hydrogens is 334 g/mol. The molecule has 8 nitrogen and oxygen atoms in total. The van der Waals surface area contributed by atoms with Crippen LogP contribution in [0.15, 0.2) is 70.5 Å². The number of aromatic nitrogens is 4. The maximum absolute atomic E-state index is 12.2. The van der Waals surface area contributed by atoms with Crippen molar-refractivity contribution in [1.82, 2.24) is 19.1 Å². The number of benzene rings is 1. The number of hydrogen-bond donors (Lipinski definition) is 1. The van der Waals surface area contributed by atoms with Gasteiger partial charge in [-0.15, -0.1) is 0 Å². The summed E-state index contributed by atoms with van der Waals surface area (Å²) >= 11 is 0. The summed E-state index contributed by atoms with van der Waals surface area (Å²) in [4.78, 5) is 32.3. The highest BCUT2D eigenvalue weighted by Gasteiger charge is 2.10. The average Bonchev–Trinajstić information content (AvgIpc) is 3.28. The van der Waals surface area contributed by atoms with Crippen LogP contribution < -0.4 is 11.1 Å². The molecule has 26 heavy (non-hydrogen) atoms. The molecule has 1 aromatic carbocycles. The molecule has 1 amide bonds. The first kappa shape index (κ1) is 15.8. The van der Waals surface area contributed by atoms with E-state index in [0.717, 1.165) is 0 Å². The lowest BCUT2D eigenvalue weighted by molar-refractivity contribution is -0.116. The predicted molar refractivity (Wildman–Crippen MR) is 95.1 cm³/mol. The maximum atomic E-state index is 12.2. The van der Waals surface area contributed by atoms with Crippen molar-refractivity contribution in [1.29, 1.82) is 0 Å². The van der Waals surface area contributed by atoms with Crippen molar-refractivity contribution >= 4 is 22.7 Å². The highest BCUT2D eigenvalue weighted by atomic mass is 16.4. The fraction of sp³-hybridized carbons (Fsp3) is 0.111. The fourth-order valence-electron chi connectivity index (χ4n) is 2.67. The lowest BCUT2D eigenvalue weighted by atomic mass is 10.3. The largest absolute Gasteiger partial charge is 0.419 e. The normalized spacial score (nSPS) is 10.9. The van der Waals surface area contributed by atoms with Gasteiger partial charge in [0.05, 0.1) is 17.4 Å². The van der Waals surface area contributed by atoms with Gasteiger partial charge in [-0.2, -0.15) is 0 Å². The molecule has 8 heteroatoms. The molecule has 3 aromatic heterocycles. The third-order valence-electron chi connectivity index (χ3n) is 3.94. The number of nitrogens with zero attached hydrogens (tertiary/aromatic N) is 4. The number of hydrogen-bond acceptors (Lipinski definition) is 5. The van der Waals surface area contributed by atoms with Crippen LogP contribution in [0.4, 0.5) is 5.69 Å². The summed E-state index contributed by atoms with van der Waals surface area (Å²) < 4.78 is 8.38. The Morgan fingerprint density at radius 3 is 2.85 bits per heavy atom. The van der Waals surface area contributed by atoms with Gasteiger partial charge in [-0.1, -0.05) is 12.1 Å². The van der Waals surface area contributed by atoms with E-state index in [1.165, 1.54) is 4.57 Å². The van der Waals surface area contributed by atoms with Crippen LogP contribution >= 0.6 is 0 Å². The minimum Gasteiger partial charge on any atom is -0.408 e. The number of amides is 1. The van der Waals surface area contributed by atoms with Gasteiger partial charge in [0, 0.05) is 25.4 Å². The Labute approximate surface area is 147 Å². The zero-order chi connectivity index (χ0) is 17.9. The van der Waals surface area contributed by atoms with Crippen molar-refractivity contribution in [3.05, 3.63) is 71.9 Å². The van der Waals surface area contributed by atoms with E-state index in [9.17, 15) is 9.59 Å². The smallest absolute Gasteiger partial charge is 0.408 e. The van der Waals surface area contributed by atoms with E-state index in [-0.39, 0.29) is 18.9 Å². The highest BCUT2D eigenvalue weighted by Crippen LogP contribution is 2.13. The summed E-state index contributed by atoms with van der Waals surface area (Å²) in [5, 5.41) is 2.77. The van der Waals surface area contributed by atoms with Crippen molar-refractivity contribution in [2.45, 2.75) is 13.0 Å². The van der Waals surface area contributed by atoms with Gasteiger partial charge >= 0.3 is 5.76 Å². The number of anilines is 1. The third kappa shape index (κ3) is 3.12. The highest BCUT2D eigenvalue weighted by molar-refractivity contribution is 5.90. The molecule has 4 rings (SSSR count). The number of pyridine rings is 1. The second-order valence-corrected chi connectivity index (χ2v) is 5.66. The molecule has 0 fully saturated rings. The number of para-hydroxylation sites is 2. The van der Waals surface area contributed by atoms with Crippen LogP contribution in [0.2, 0.25) is 0 Å². The van der Waals surface area contributed by atoms with Crippen molar-refractivity contribution < 1.29 is 9.21 Å². The van der Waals surface area contributed by atoms with Gasteiger partial charge in [-0.25, -0.2) is 14.8 Å². The average molecular weight is 349 g/mol. The Kier molecular flexibility index (Phi) is 4.06. The zero-order valence-electron chi connectivity index (χ0n) is 13.7. The van der Waals surface area contributed by atoms with Crippen LogP contribution in [-0.4, -0.2) is 25.0 Å². The zero-order valence-corrected chi connectivity index (χ0v) is 13.7. The first-order valence-corrected chi connectivity index (χ1v) is 8.03. The van der Waals surface area contributed by atoms with Crippen LogP contribution in [0, 0.1) is 0 Å². The minimum absolute atomic E-state index is 0.146. The molecule has 0 aliphatic heterocycles. The number of imidazole rings is 1. The van der Waals surface area contributed by atoms with E-state index in [1.807, 2.05) is 6.07 Å². The molecule has 4 aromatic rings. The summed E-state index contributed by atoms with van der Waals surface area (Å²) in [6.07, 6.45) is 6.82. The van der Waals surface area contributed by atoms with Crippen LogP contribution in [-0.2, 0) is 11.3 Å². The molecule has 0 spiro atoms. The molecule has 0 aliphatic rings. The molecular formula is C18H15N5O3. The summed E-state index contributed by atoms with van der Waals surface area (Å²) in [6, 6.07) is 10.7. The van der Waals surface area contributed by atoms with Crippen molar-refractivity contribution in [3.8, 4) is 5.82 Å². The van der Waals surface area contributed by atoms with E-state index in [0.29, 0.717) is 22.6 Å². The van der Waals surface area contributed by atoms with Gasteiger partial charge in [0.2, 0.25) is 5.91 Å². The molecule has 0 saturated carbocycles. The first-order valence-electron chi connectivity index (χ1n) is 8.03. The number of carbonyl (C=O) groups excluding carboxylic acids is 1. The van der Waals surface area contributed by atoms with Gasteiger partial charge < -0.3 is 9.73 Å². The summed E-state index contributed by atoms with van der Waals surface area (Å²) in [6.45, 7) is 0.238. The number of rotatable bonds is 5. The Hall–Kier alpha value is -3.68. The monoisotopic (exact) mass is 349 g/mol. The quantitative estimate of drug-likeness (QED) is 0.596. The topological polar surface area (TPSA) is 94.9 Å². The lowest BCUT2D eigenvalue weighted by Crippen LogP contribution is -2.19. The SMILES string of the molecule is O=C(CCn1c(=O)oc2ccccc21)Nc1ccc(-n2ccnc2)nc1. The van der Waals surface area contributed by atoms with Crippen molar-refractivity contribution in [2.75, 3.05) is 5.32 Å². The Morgan fingerprint density at radius 2 is 2.08 bits per heavy atom. The van der Waals surface area contributed by atoms with Crippen molar-refractivity contribution in [3.63, 3.8) is 0 Å². The second kappa shape index (κ2) is 6.67. The lowest BCUT2D eigenvalue weighted by Gasteiger charge is -2.07. The first-order chi connectivity index (χ1) is 12.7. The molecule has 0 unspecified atom stereocenters. The third-order valence-corrected chi connectivity index (χ3v) is 3.94. The van der Waals surface area contributed by atoms with E-state index in [1.54, 1.807) is 59.8 Å². The summed E-state index contributed by atoms with van der Waals surface area (Å²) in [5.74, 6) is 0.0293. The second-order valence-electron chi connectivity index (χ2n) is 5.66. The van der Waals surface area contributed by atoms with Gasteiger partial charge in [-0.05, 0) is 24.3 Å². The number of nitrogens with one attached hydrogen (secondary N) is 1. The van der Waals surface area contributed by atoms with Gasteiger partial charge in [-0.3, -0.25) is 13.9 Å². The van der Waals surface area contributed by atoms with E-state index in [4.69, 9.17) is 4.42 Å². The predicted octanol–water partition coefficient (Wildman–Crippen LogP) is 2.20. The van der Waals surface area contributed by atoms with Gasteiger partial charge in [0.15, 0.2) is 5.58 Å². The van der Waals surface area contributed by atoms with Gasteiger partial charge in [0.1, 0.15) is 12.1 Å². The molecule has 1 N–H and O–H groups in total. The molecule has 0 aliphatic carbocycles. The number of aryl methyl sites for hydroxylation is 1. The van der Waals surface area contributed by atoms with Crippen LogP contribution in [0.25, 0.3) is 16.9 Å². The number of fused-ring (bicyclic) bond motifs is 1. The molecule has 0 bridgehead atoms. The maximum Gasteiger partial charge on any atom is 0.419 e. The summed E-state index contributed by atoms with van der Waals surface area (Å²) in [7, 11) is 0. The Bertz CT molecular complexity index is 1090. The van der Waals surface area contributed by atoms with E-state index >= 15 is 0 Å². The molecule has 130 valence electrons. The van der Waals surface area contributed by atoms with Gasteiger partial charge in [0.25, 0.3) is 0 Å². The number of carbonyl (C=O) groups is 1. The Morgan fingerprint density at radius 1 is 1.19 bits per heavy atom. The minimum atomic E-state index is -0.467. The number of oxazole rings is 1. The Balaban J connectivity index is 1.41. The van der Waals surface area contributed by atoms with E-state index < -0.39 is 5.76 Å². The van der Waals surface area contributed by atoms with Crippen LogP contribution in [0.3, 0.4) is 0 Å². The fourth-order valence-corrected chi connectivity index (χ4v) is 2.67. The van der Waals surface area contributed by atoms with Crippen LogP contribution in [0.5, 0.6) is 0 Å². The standard InChI is InChI=1S/C18H15N5O3/c24-17(7-9-23-14-3-1-2-4-15(14)26-18(23)25)21-13-5-6-16(20-11-13)22-10-8-19-12-22/h1-6,8,10-12H,7,9H2,(H,21,24). The van der Waals surface area contributed by atoms with Crippen molar-refractivity contribution in [2.24, 2.45) is 0 Å². The summed E-state index contributed by atoms with van der Waals surface area (Å²) in [5.41, 5.74) is 1.78. The molecule has 0 radical (unpaired) electrons.